The molecule has 0 bridgehead atoms. The third-order valence-electron chi connectivity index (χ3n) is 3.57. The van der Waals surface area contributed by atoms with Crippen molar-refractivity contribution in [3.8, 4) is 11.5 Å². The first-order chi connectivity index (χ1) is 11.5. The molecule has 1 aromatic carbocycles. The lowest BCUT2D eigenvalue weighted by Crippen LogP contribution is -2.38. The van der Waals surface area contributed by atoms with Gasteiger partial charge in [-0.1, -0.05) is 23.4 Å². The Morgan fingerprint density at radius 1 is 1.33 bits per heavy atom. The second kappa shape index (κ2) is 6.54. The second-order valence-electron chi connectivity index (χ2n) is 5.63. The Hall–Kier alpha value is -2.51. The number of carbonyl (C=O) groups is 1. The van der Waals surface area contributed by atoms with Gasteiger partial charge in [-0.3, -0.25) is 4.79 Å². The maximum atomic E-state index is 12.6. The Kier molecular flexibility index (Phi) is 4.46. The number of carbonyl (C=O) groups excluding carboxylic acids is 1. The number of hydrogen-bond acceptors (Lipinski definition) is 6. The molecule has 124 valence electrons. The van der Waals surface area contributed by atoms with Crippen molar-refractivity contribution in [1.29, 1.82) is 0 Å². The van der Waals surface area contributed by atoms with Crippen molar-refractivity contribution in [2.75, 3.05) is 6.54 Å². The molecule has 0 radical (unpaired) electrons. The van der Waals surface area contributed by atoms with Crippen LogP contribution in [0.25, 0.3) is 11.5 Å². The Labute approximate surface area is 143 Å². The molecule has 0 aliphatic rings. The summed E-state index contributed by atoms with van der Waals surface area (Å²) in [4.78, 5) is 17.5. The van der Waals surface area contributed by atoms with Crippen LogP contribution >= 0.6 is 11.3 Å². The lowest BCUT2D eigenvalue weighted by molar-refractivity contribution is 0.0557. The van der Waals surface area contributed by atoms with Gasteiger partial charge >= 0.3 is 0 Å². The zero-order valence-corrected chi connectivity index (χ0v) is 14.1. The Morgan fingerprint density at radius 2 is 2.12 bits per heavy atom. The molecule has 3 aromatic rings. The van der Waals surface area contributed by atoms with Gasteiger partial charge in [0.1, 0.15) is 5.60 Å². The fourth-order valence-electron chi connectivity index (χ4n) is 2.29. The number of rotatable bonds is 5. The summed E-state index contributed by atoms with van der Waals surface area (Å²) in [7, 11) is 0. The molecule has 1 amide bonds. The van der Waals surface area contributed by atoms with Crippen molar-refractivity contribution in [3.63, 3.8) is 0 Å². The molecule has 0 saturated heterocycles. The number of thiophene rings is 1. The Bertz CT molecular complexity index is 840. The van der Waals surface area contributed by atoms with Crippen LogP contribution in [0.5, 0.6) is 0 Å². The van der Waals surface area contributed by atoms with Crippen molar-refractivity contribution < 1.29 is 14.4 Å². The molecule has 0 spiro atoms. The summed E-state index contributed by atoms with van der Waals surface area (Å²) in [5, 5.41) is 18.9. The standard InChI is InChI=1S/C17H17N3O3S/c1-11-19-16(23-20-11)13-7-4-3-6-12(13)15(21)18-10-17(2,22)14-8-5-9-24-14/h3-9,22H,10H2,1-2H3,(H,18,21)/t17-/m1/s1. The van der Waals surface area contributed by atoms with Gasteiger partial charge in [-0.15, -0.1) is 11.3 Å². The fraction of sp³-hybridized carbons (Fsp3) is 0.235. The summed E-state index contributed by atoms with van der Waals surface area (Å²) in [5.74, 6) is 0.488. The summed E-state index contributed by atoms with van der Waals surface area (Å²) in [6.45, 7) is 3.49. The van der Waals surface area contributed by atoms with Gasteiger partial charge < -0.3 is 14.9 Å². The van der Waals surface area contributed by atoms with Crippen molar-refractivity contribution in [1.82, 2.24) is 15.5 Å². The van der Waals surface area contributed by atoms with Gasteiger partial charge in [0, 0.05) is 4.88 Å². The highest BCUT2D eigenvalue weighted by Crippen LogP contribution is 2.25. The number of aliphatic hydroxyl groups is 1. The maximum Gasteiger partial charge on any atom is 0.258 e. The predicted molar refractivity (Wildman–Crippen MR) is 90.7 cm³/mol. The van der Waals surface area contributed by atoms with E-state index in [0.717, 1.165) is 4.88 Å². The minimum atomic E-state index is -1.13. The number of aryl methyl sites for hydroxylation is 1. The molecule has 0 aliphatic heterocycles. The van der Waals surface area contributed by atoms with Gasteiger partial charge in [-0.2, -0.15) is 4.98 Å². The van der Waals surface area contributed by atoms with E-state index in [-0.39, 0.29) is 12.5 Å². The molecular weight excluding hydrogens is 326 g/mol. The first-order valence-electron chi connectivity index (χ1n) is 7.41. The molecule has 2 N–H and O–H groups in total. The quantitative estimate of drug-likeness (QED) is 0.744. The molecule has 3 rings (SSSR count). The van der Waals surface area contributed by atoms with Crippen molar-refractivity contribution >= 4 is 17.2 Å². The van der Waals surface area contributed by atoms with E-state index in [4.69, 9.17) is 4.52 Å². The average molecular weight is 343 g/mol. The minimum absolute atomic E-state index is 0.101. The lowest BCUT2D eigenvalue weighted by atomic mass is 10.0. The molecule has 24 heavy (non-hydrogen) atoms. The minimum Gasteiger partial charge on any atom is -0.383 e. The first kappa shape index (κ1) is 16.4. The van der Waals surface area contributed by atoms with Crippen molar-refractivity contribution in [2.24, 2.45) is 0 Å². The largest absolute Gasteiger partial charge is 0.383 e. The number of hydrogen-bond donors (Lipinski definition) is 2. The van der Waals surface area contributed by atoms with Crippen LogP contribution in [0.4, 0.5) is 0 Å². The number of aromatic nitrogens is 2. The highest BCUT2D eigenvalue weighted by molar-refractivity contribution is 7.10. The van der Waals surface area contributed by atoms with Crippen molar-refractivity contribution in [2.45, 2.75) is 19.4 Å². The fourth-order valence-corrected chi connectivity index (χ4v) is 3.08. The van der Waals surface area contributed by atoms with Crippen LogP contribution in [-0.4, -0.2) is 27.7 Å². The Balaban J connectivity index is 1.79. The third kappa shape index (κ3) is 3.37. The summed E-state index contributed by atoms with van der Waals surface area (Å²) in [5.41, 5.74) is -0.144. The van der Waals surface area contributed by atoms with Gasteiger partial charge in [0.2, 0.25) is 0 Å². The van der Waals surface area contributed by atoms with Crippen LogP contribution in [0.2, 0.25) is 0 Å². The molecule has 2 heterocycles. The SMILES string of the molecule is Cc1noc(-c2ccccc2C(=O)NC[C@@](C)(O)c2cccs2)n1. The van der Waals surface area contributed by atoms with E-state index in [2.05, 4.69) is 15.5 Å². The topological polar surface area (TPSA) is 88.2 Å². The van der Waals surface area contributed by atoms with Gasteiger partial charge in [0.25, 0.3) is 11.8 Å². The maximum absolute atomic E-state index is 12.6. The Morgan fingerprint density at radius 3 is 2.79 bits per heavy atom. The van der Waals surface area contributed by atoms with Gasteiger partial charge in [0.05, 0.1) is 17.7 Å². The van der Waals surface area contributed by atoms with E-state index in [1.54, 1.807) is 38.1 Å². The predicted octanol–water partition coefficient (Wildman–Crippen LogP) is 2.74. The molecule has 1 atom stereocenters. The molecule has 0 fully saturated rings. The molecule has 6 nitrogen and oxygen atoms in total. The van der Waals surface area contributed by atoms with E-state index in [9.17, 15) is 9.90 Å². The summed E-state index contributed by atoms with van der Waals surface area (Å²) in [6, 6.07) is 10.7. The van der Waals surface area contributed by atoms with Crippen LogP contribution < -0.4 is 5.32 Å². The molecule has 0 saturated carbocycles. The zero-order valence-electron chi connectivity index (χ0n) is 13.3. The molecule has 7 heteroatoms. The van der Waals surface area contributed by atoms with E-state index in [0.29, 0.717) is 22.8 Å². The normalized spacial score (nSPS) is 13.5. The highest BCUT2D eigenvalue weighted by atomic mass is 32.1. The lowest BCUT2D eigenvalue weighted by Gasteiger charge is -2.22. The third-order valence-corrected chi connectivity index (χ3v) is 4.70. The van der Waals surface area contributed by atoms with Gasteiger partial charge in [0.15, 0.2) is 5.82 Å². The van der Waals surface area contributed by atoms with E-state index in [1.807, 2.05) is 17.5 Å². The average Bonchev–Trinajstić information content (AvgIpc) is 3.24. The van der Waals surface area contributed by atoms with E-state index < -0.39 is 5.60 Å². The van der Waals surface area contributed by atoms with Crippen LogP contribution in [0, 0.1) is 6.92 Å². The van der Waals surface area contributed by atoms with E-state index >= 15 is 0 Å². The highest BCUT2D eigenvalue weighted by Gasteiger charge is 2.26. The zero-order chi connectivity index (χ0) is 17.2. The van der Waals surface area contributed by atoms with Crippen LogP contribution in [0.3, 0.4) is 0 Å². The number of nitrogens with one attached hydrogen (secondary N) is 1. The molecule has 0 aliphatic carbocycles. The van der Waals surface area contributed by atoms with Crippen LogP contribution in [-0.2, 0) is 5.60 Å². The van der Waals surface area contributed by atoms with Crippen LogP contribution in [0.1, 0.15) is 28.0 Å². The molecule has 0 unspecified atom stereocenters. The molecular formula is C17H17N3O3S. The van der Waals surface area contributed by atoms with Gasteiger partial charge in [-0.05, 0) is 37.4 Å². The second-order valence-corrected chi connectivity index (χ2v) is 6.57. The summed E-state index contributed by atoms with van der Waals surface area (Å²) < 4.78 is 5.16. The monoisotopic (exact) mass is 343 g/mol. The van der Waals surface area contributed by atoms with Crippen molar-refractivity contribution in [3.05, 3.63) is 58.0 Å². The number of benzene rings is 1. The molecule has 2 aromatic heterocycles. The smallest absolute Gasteiger partial charge is 0.258 e. The summed E-state index contributed by atoms with van der Waals surface area (Å²) in [6.07, 6.45) is 0. The summed E-state index contributed by atoms with van der Waals surface area (Å²) >= 11 is 1.45. The van der Waals surface area contributed by atoms with Crippen LogP contribution in [0.15, 0.2) is 46.3 Å². The van der Waals surface area contributed by atoms with Gasteiger partial charge in [-0.25, -0.2) is 0 Å². The number of amides is 1. The number of nitrogens with zero attached hydrogens (tertiary/aromatic N) is 2. The first-order valence-corrected chi connectivity index (χ1v) is 8.29. The van der Waals surface area contributed by atoms with E-state index in [1.165, 1.54) is 11.3 Å².